The maximum Gasteiger partial charge on any atom is 0.232 e. The molecule has 20 heavy (non-hydrogen) atoms. The summed E-state index contributed by atoms with van der Waals surface area (Å²) >= 11 is 13.7. The molecule has 0 saturated carbocycles. The van der Waals surface area contributed by atoms with E-state index < -0.39 is 0 Å². The molecular formula is C14H10Cl2N2OS. The molecule has 6 heteroatoms. The van der Waals surface area contributed by atoms with Crippen molar-refractivity contribution in [1.82, 2.24) is 9.97 Å². The van der Waals surface area contributed by atoms with Crippen molar-refractivity contribution in [2.75, 3.05) is 0 Å². The summed E-state index contributed by atoms with van der Waals surface area (Å²) in [7, 11) is 0. The first kappa shape index (κ1) is 13.6. The van der Waals surface area contributed by atoms with Gasteiger partial charge in [-0.3, -0.25) is 0 Å². The first-order valence-corrected chi connectivity index (χ1v) is 7.48. The fraction of sp³-hybridized carbons (Fsp3) is 0.143. The van der Waals surface area contributed by atoms with Crippen LogP contribution < -0.4 is 4.74 Å². The minimum Gasteiger partial charge on any atom is -0.437 e. The highest BCUT2D eigenvalue weighted by atomic mass is 35.5. The van der Waals surface area contributed by atoms with Gasteiger partial charge in [0.2, 0.25) is 11.2 Å². The molecule has 0 aliphatic heterocycles. The van der Waals surface area contributed by atoms with Gasteiger partial charge in [-0.2, -0.15) is 4.98 Å². The molecule has 0 N–H and O–H groups in total. The highest BCUT2D eigenvalue weighted by molar-refractivity contribution is 7.18. The summed E-state index contributed by atoms with van der Waals surface area (Å²) < 4.78 is 5.81. The SMILES string of the molecule is Cc1ccc(Oc2nc(Cl)nc3sc(C)cc23)c(Cl)c1. The van der Waals surface area contributed by atoms with E-state index in [1.807, 2.05) is 38.1 Å². The Morgan fingerprint density at radius 1 is 1.10 bits per heavy atom. The Kier molecular flexibility index (Phi) is 3.54. The molecule has 0 saturated heterocycles. The third-order valence-electron chi connectivity index (χ3n) is 2.75. The lowest BCUT2D eigenvalue weighted by Crippen LogP contribution is -1.92. The van der Waals surface area contributed by atoms with Crippen LogP contribution in [0.15, 0.2) is 24.3 Å². The lowest BCUT2D eigenvalue weighted by atomic mass is 10.2. The zero-order chi connectivity index (χ0) is 14.3. The molecule has 2 aromatic heterocycles. The molecule has 0 radical (unpaired) electrons. The number of rotatable bonds is 2. The second-order valence-electron chi connectivity index (χ2n) is 4.41. The molecule has 0 amide bonds. The number of nitrogens with zero attached hydrogens (tertiary/aromatic N) is 2. The molecule has 3 aromatic rings. The van der Waals surface area contributed by atoms with Gasteiger partial charge < -0.3 is 4.74 Å². The van der Waals surface area contributed by atoms with Gasteiger partial charge in [0.1, 0.15) is 10.6 Å². The van der Waals surface area contributed by atoms with Crippen LogP contribution >= 0.6 is 34.5 Å². The molecule has 2 heterocycles. The smallest absolute Gasteiger partial charge is 0.232 e. The number of aryl methyl sites for hydroxylation is 2. The molecule has 3 nitrogen and oxygen atoms in total. The van der Waals surface area contributed by atoms with Crippen LogP contribution in [0.4, 0.5) is 0 Å². The summed E-state index contributed by atoms with van der Waals surface area (Å²) in [4.78, 5) is 10.3. The standard InChI is InChI=1S/C14H10Cl2N2OS/c1-7-3-4-11(10(15)5-7)19-12-9-6-8(2)20-13(9)18-14(16)17-12/h3-6H,1-2H3. The van der Waals surface area contributed by atoms with Crippen molar-refractivity contribution in [3.8, 4) is 11.6 Å². The molecule has 3 rings (SSSR count). The number of thiophene rings is 1. The number of halogens is 2. The Bertz CT molecular complexity index is 801. The van der Waals surface area contributed by atoms with E-state index in [4.69, 9.17) is 27.9 Å². The number of hydrogen-bond acceptors (Lipinski definition) is 4. The fourth-order valence-electron chi connectivity index (χ4n) is 1.86. The summed E-state index contributed by atoms with van der Waals surface area (Å²) in [6.45, 7) is 3.97. The van der Waals surface area contributed by atoms with E-state index in [0.717, 1.165) is 20.7 Å². The molecule has 0 unspecified atom stereocenters. The van der Waals surface area contributed by atoms with Crippen molar-refractivity contribution in [2.24, 2.45) is 0 Å². The van der Waals surface area contributed by atoms with E-state index in [0.29, 0.717) is 16.7 Å². The van der Waals surface area contributed by atoms with Crippen LogP contribution in [0.3, 0.4) is 0 Å². The predicted octanol–water partition coefficient (Wildman–Crippen LogP) is 5.41. The second kappa shape index (κ2) is 5.20. The third kappa shape index (κ3) is 2.59. The predicted molar refractivity (Wildman–Crippen MR) is 83.4 cm³/mol. The van der Waals surface area contributed by atoms with Crippen LogP contribution in [0.2, 0.25) is 10.3 Å². The maximum atomic E-state index is 6.18. The first-order chi connectivity index (χ1) is 9.52. The van der Waals surface area contributed by atoms with Gasteiger partial charge in [0.25, 0.3) is 0 Å². The number of ether oxygens (including phenoxy) is 1. The highest BCUT2D eigenvalue weighted by Crippen LogP contribution is 2.36. The largest absolute Gasteiger partial charge is 0.437 e. The fourth-order valence-corrected chi connectivity index (χ4v) is 3.22. The Morgan fingerprint density at radius 2 is 1.90 bits per heavy atom. The third-order valence-corrected chi connectivity index (χ3v) is 4.16. The molecule has 102 valence electrons. The van der Waals surface area contributed by atoms with Gasteiger partial charge >= 0.3 is 0 Å². The monoisotopic (exact) mass is 324 g/mol. The van der Waals surface area contributed by atoms with E-state index in [-0.39, 0.29) is 5.28 Å². The lowest BCUT2D eigenvalue weighted by Gasteiger charge is -2.08. The van der Waals surface area contributed by atoms with Crippen LogP contribution in [-0.4, -0.2) is 9.97 Å². The van der Waals surface area contributed by atoms with Crippen molar-refractivity contribution >= 4 is 44.8 Å². The van der Waals surface area contributed by atoms with E-state index >= 15 is 0 Å². The van der Waals surface area contributed by atoms with E-state index in [1.165, 1.54) is 0 Å². The van der Waals surface area contributed by atoms with Gasteiger partial charge in [0, 0.05) is 4.88 Å². The maximum absolute atomic E-state index is 6.18. The summed E-state index contributed by atoms with van der Waals surface area (Å²) in [5.74, 6) is 0.979. The molecule has 1 aromatic carbocycles. The van der Waals surface area contributed by atoms with Gasteiger partial charge in [-0.05, 0) is 49.2 Å². The molecule has 0 aliphatic carbocycles. The number of hydrogen-bond donors (Lipinski definition) is 0. The zero-order valence-corrected chi connectivity index (χ0v) is 13.1. The van der Waals surface area contributed by atoms with Crippen molar-refractivity contribution in [3.05, 3.63) is 45.0 Å². The molecule has 0 aliphatic rings. The van der Waals surface area contributed by atoms with Gasteiger partial charge in [-0.15, -0.1) is 11.3 Å². The van der Waals surface area contributed by atoms with E-state index in [2.05, 4.69) is 9.97 Å². The van der Waals surface area contributed by atoms with Crippen LogP contribution in [0.5, 0.6) is 11.6 Å². The van der Waals surface area contributed by atoms with Crippen LogP contribution in [0.1, 0.15) is 10.4 Å². The summed E-state index contributed by atoms with van der Waals surface area (Å²) in [6, 6.07) is 7.57. The Balaban J connectivity index is 2.10. The molecule has 0 fully saturated rings. The highest BCUT2D eigenvalue weighted by Gasteiger charge is 2.13. The van der Waals surface area contributed by atoms with Gasteiger partial charge in [0.15, 0.2) is 0 Å². The van der Waals surface area contributed by atoms with Gasteiger partial charge in [-0.1, -0.05) is 17.7 Å². The van der Waals surface area contributed by atoms with Crippen LogP contribution in [0.25, 0.3) is 10.2 Å². The number of aromatic nitrogens is 2. The Hall–Kier alpha value is -1.36. The summed E-state index contributed by atoms with van der Waals surface area (Å²) in [5, 5.41) is 1.55. The van der Waals surface area contributed by atoms with Crippen molar-refractivity contribution in [1.29, 1.82) is 0 Å². The number of fused-ring (bicyclic) bond motifs is 1. The van der Waals surface area contributed by atoms with Crippen LogP contribution in [-0.2, 0) is 0 Å². The average molecular weight is 325 g/mol. The molecular weight excluding hydrogens is 315 g/mol. The first-order valence-electron chi connectivity index (χ1n) is 5.90. The van der Waals surface area contributed by atoms with E-state index in [9.17, 15) is 0 Å². The minimum absolute atomic E-state index is 0.164. The normalized spacial score (nSPS) is 11.0. The van der Waals surface area contributed by atoms with Crippen molar-refractivity contribution in [2.45, 2.75) is 13.8 Å². The molecule has 0 spiro atoms. The van der Waals surface area contributed by atoms with Crippen molar-refractivity contribution < 1.29 is 4.74 Å². The topological polar surface area (TPSA) is 35.0 Å². The van der Waals surface area contributed by atoms with Gasteiger partial charge in [0.05, 0.1) is 10.4 Å². The summed E-state index contributed by atoms with van der Waals surface area (Å²) in [6.07, 6.45) is 0. The van der Waals surface area contributed by atoms with E-state index in [1.54, 1.807) is 11.3 Å². The van der Waals surface area contributed by atoms with Crippen molar-refractivity contribution in [3.63, 3.8) is 0 Å². The summed E-state index contributed by atoms with van der Waals surface area (Å²) in [5.41, 5.74) is 1.07. The van der Waals surface area contributed by atoms with Crippen LogP contribution in [0, 0.1) is 13.8 Å². The Morgan fingerprint density at radius 3 is 2.65 bits per heavy atom. The zero-order valence-electron chi connectivity index (χ0n) is 10.8. The number of benzene rings is 1. The molecule has 0 atom stereocenters. The lowest BCUT2D eigenvalue weighted by molar-refractivity contribution is 0.468. The van der Waals surface area contributed by atoms with Gasteiger partial charge in [-0.25, -0.2) is 4.98 Å². The average Bonchev–Trinajstić information content (AvgIpc) is 2.73. The molecule has 0 bridgehead atoms. The quantitative estimate of drug-likeness (QED) is 0.591. The second-order valence-corrected chi connectivity index (χ2v) is 6.39. The Labute approximate surface area is 130 Å². The minimum atomic E-state index is 0.164.